The van der Waals surface area contributed by atoms with Crippen molar-refractivity contribution in [3.8, 4) is 5.75 Å². The highest BCUT2D eigenvalue weighted by molar-refractivity contribution is 5.95. The summed E-state index contributed by atoms with van der Waals surface area (Å²) in [5.41, 5.74) is 2.37. The number of ether oxygens (including phenoxy) is 1. The molecule has 0 unspecified atom stereocenters. The molecule has 30 heavy (non-hydrogen) atoms. The summed E-state index contributed by atoms with van der Waals surface area (Å²) in [4.78, 5) is 16.3. The Hall–Kier alpha value is -2.91. The Morgan fingerprint density at radius 3 is 1.80 bits per heavy atom. The van der Waals surface area contributed by atoms with Gasteiger partial charge in [0.25, 0.3) is 0 Å². The van der Waals surface area contributed by atoms with E-state index in [1.807, 2.05) is 60.7 Å². The molecule has 0 fully saturated rings. The number of carbonyl (C=O) groups excluding carboxylic acids is 1. The van der Waals surface area contributed by atoms with Gasteiger partial charge in [-0.15, -0.1) is 0 Å². The molecule has 0 saturated heterocycles. The van der Waals surface area contributed by atoms with Crippen LogP contribution in [-0.2, 0) is 16.6 Å². The van der Waals surface area contributed by atoms with Crippen LogP contribution in [-0.4, -0.2) is 37.9 Å². The zero-order chi connectivity index (χ0) is 21.6. The van der Waals surface area contributed by atoms with Crippen LogP contribution in [0.25, 0.3) is 0 Å². The number of methoxy groups -OCH3 is 1. The van der Waals surface area contributed by atoms with Crippen LogP contribution in [0.3, 0.4) is 0 Å². The van der Waals surface area contributed by atoms with Gasteiger partial charge in [0.15, 0.2) is 5.78 Å². The van der Waals surface area contributed by atoms with Crippen LogP contribution in [0, 0.1) is 0 Å². The molecule has 3 heteroatoms. The topological polar surface area (TPSA) is 29.5 Å². The second kappa shape index (κ2) is 9.73. The van der Waals surface area contributed by atoms with Crippen molar-refractivity contribution in [1.29, 1.82) is 0 Å². The number of rotatable bonds is 9. The maximum absolute atomic E-state index is 14.1. The largest absolute Gasteiger partial charge is 0.497 e. The fourth-order valence-electron chi connectivity index (χ4n) is 3.99. The van der Waals surface area contributed by atoms with Gasteiger partial charge in [-0.3, -0.25) is 4.79 Å². The molecule has 0 N–H and O–H groups in total. The molecule has 3 nitrogen and oxygen atoms in total. The van der Waals surface area contributed by atoms with Crippen LogP contribution >= 0.6 is 0 Å². The SMILES string of the molecule is COc1ccc(CC(=O)C(C[C@H](C)N(C)C)(c2ccccc2)c2ccccc2)cc1. The molecule has 3 rings (SSSR count). The fraction of sp³-hybridized carbons (Fsp3) is 0.296. The monoisotopic (exact) mass is 401 g/mol. The van der Waals surface area contributed by atoms with Gasteiger partial charge >= 0.3 is 0 Å². The van der Waals surface area contributed by atoms with Gasteiger partial charge in [0.1, 0.15) is 5.75 Å². The molecule has 1 atom stereocenters. The number of Topliss-reactive ketones (excluding diaryl/α,β-unsaturated/α-hetero) is 1. The van der Waals surface area contributed by atoms with Crippen LogP contribution in [0.4, 0.5) is 0 Å². The van der Waals surface area contributed by atoms with Crippen molar-refractivity contribution in [2.75, 3.05) is 21.2 Å². The van der Waals surface area contributed by atoms with E-state index in [0.717, 1.165) is 22.4 Å². The van der Waals surface area contributed by atoms with Gasteiger partial charge in [-0.05, 0) is 56.3 Å². The predicted octanol–water partition coefficient (Wildman–Crippen LogP) is 5.13. The summed E-state index contributed by atoms with van der Waals surface area (Å²) in [5, 5.41) is 0. The smallest absolute Gasteiger partial charge is 0.152 e. The first-order chi connectivity index (χ1) is 14.5. The third-order valence-electron chi connectivity index (χ3n) is 6.02. The Bertz CT molecular complexity index is 894. The number of benzene rings is 3. The molecule has 0 radical (unpaired) electrons. The van der Waals surface area contributed by atoms with E-state index >= 15 is 0 Å². The lowest BCUT2D eigenvalue weighted by atomic mass is 9.66. The van der Waals surface area contributed by atoms with E-state index < -0.39 is 5.41 Å². The van der Waals surface area contributed by atoms with Gasteiger partial charge in [-0.2, -0.15) is 0 Å². The molecular weight excluding hydrogens is 370 g/mol. The van der Waals surface area contributed by atoms with E-state index in [-0.39, 0.29) is 11.8 Å². The van der Waals surface area contributed by atoms with Crippen LogP contribution in [0.5, 0.6) is 5.75 Å². The van der Waals surface area contributed by atoms with Crippen molar-refractivity contribution < 1.29 is 9.53 Å². The molecule has 0 bridgehead atoms. The molecule has 0 aliphatic carbocycles. The molecular formula is C27H31NO2. The maximum Gasteiger partial charge on any atom is 0.152 e. The minimum atomic E-state index is -0.716. The summed E-state index contributed by atoms with van der Waals surface area (Å²) in [6.07, 6.45) is 1.08. The quantitative estimate of drug-likeness (QED) is 0.498. The third-order valence-corrected chi connectivity index (χ3v) is 6.02. The Kier molecular flexibility index (Phi) is 7.07. The van der Waals surface area contributed by atoms with Crippen molar-refractivity contribution in [3.63, 3.8) is 0 Å². The van der Waals surface area contributed by atoms with E-state index in [9.17, 15) is 4.79 Å². The Morgan fingerprint density at radius 2 is 1.37 bits per heavy atom. The summed E-state index contributed by atoms with van der Waals surface area (Å²) in [6.45, 7) is 2.18. The first kappa shape index (κ1) is 21.8. The Labute approximate surface area is 180 Å². The second-order valence-corrected chi connectivity index (χ2v) is 8.10. The third kappa shape index (κ3) is 4.63. The average Bonchev–Trinajstić information content (AvgIpc) is 2.78. The normalized spacial score (nSPS) is 12.6. The number of hydrogen-bond donors (Lipinski definition) is 0. The molecule has 0 heterocycles. The van der Waals surface area contributed by atoms with Gasteiger partial charge < -0.3 is 9.64 Å². The second-order valence-electron chi connectivity index (χ2n) is 8.10. The van der Waals surface area contributed by atoms with Crippen molar-refractivity contribution >= 4 is 5.78 Å². The number of ketones is 1. The van der Waals surface area contributed by atoms with Crippen LogP contribution in [0.2, 0.25) is 0 Å². The van der Waals surface area contributed by atoms with Crippen LogP contribution < -0.4 is 4.74 Å². The Morgan fingerprint density at radius 1 is 0.867 bits per heavy atom. The van der Waals surface area contributed by atoms with Gasteiger partial charge in [0.05, 0.1) is 12.5 Å². The van der Waals surface area contributed by atoms with E-state index in [0.29, 0.717) is 12.8 Å². The minimum absolute atomic E-state index is 0.207. The zero-order valence-corrected chi connectivity index (χ0v) is 18.3. The first-order valence-electron chi connectivity index (χ1n) is 10.4. The Balaban J connectivity index is 2.11. The molecule has 0 aliphatic rings. The summed E-state index contributed by atoms with van der Waals surface area (Å²) < 4.78 is 5.27. The lowest BCUT2D eigenvalue weighted by Crippen LogP contribution is -2.44. The molecule has 0 aliphatic heterocycles. The molecule has 0 spiro atoms. The average molecular weight is 402 g/mol. The fourth-order valence-corrected chi connectivity index (χ4v) is 3.99. The van der Waals surface area contributed by atoms with Crippen molar-refractivity contribution in [3.05, 3.63) is 102 Å². The number of hydrogen-bond acceptors (Lipinski definition) is 3. The highest BCUT2D eigenvalue weighted by Crippen LogP contribution is 2.39. The van der Waals surface area contributed by atoms with E-state index in [2.05, 4.69) is 50.2 Å². The van der Waals surface area contributed by atoms with Gasteiger partial charge in [0.2, 0.25) is 0 Å². The molecule has 3 aromatic carbocycles. The number of carbonyl (C=O) groups is 1. The standard InChI is InChI=1S/C27H31NO2/c1-21(28(2)3)20-27(23-11-7-5-8-12-23,24-13-9-6-10-14-24)26(29)19-22-15-17-25(30-4)18-16-22/h5-18,21H,19-20H2,1-4H3/t21-/m0/s1. The van der Waals surface area contributed by atoms with Crippen LogP contribution in [0.1, 0.15) is 30.0 Å². The summed E-state index contributed by atoms with van der Waals surface area (Å²) in [6, 6.07) is 28.4. The summed E-state index contributed by atoms with van der Waals surface area (Å²) in [7, 11) is 5.79. The van der Waals surface area contributed by atoms with Gasteiger partial charge in [0, 0.05) is 12.5 Å². The van der Waals surface area contributed by atoms with Crippen molar-refractivity contribution in [1.82, 2.24) is 4.90 Å². The van der Waals surface area contributed by atoms with E-state index in [4.69, 9.17) is 4.74 Å². The van der Waals surface area contributed by atoms with E-state index in [1.165, 1.54) is 0 Å². The molecule has 0 amide bonds. The molecule has 156 valence electrons. The zero-order valence-electron chi connectivity index (χ0n) is 18.3. The summed E-state index contributed by atoms with van der Waals surface area (Å²) in [5.74, 6) is 1.00. The predicted molar refractivity (Wildman–Crippen MR) is 123 cm³/mol. The summed E-state index contributed by atoms with van der Waals surface area (Å²) >= 11 is 0. The minimum Gasteiger partial charge on any atom is -0.497 e. The lowest BCUT2D eigenvalue weighted by molar-refractivity contribution is -0.123. The van der Waals surface area contributed by atoms with Gasteiger partial charge in [-0.1, -0.05) is 72.8 Å². The molecule has 0 aromatic heterocycles. The highest BCUT2D eigenvalue weighted by atomic mass is 16.5. The number of nitrogens with zero attached hydrogens (tertiary/aromatic N) is 1. The highest BCUT2D eigenvalue weighted by Gasteiger charge is 2.42. The van der Waals surface area contributed by atoms with Crippen molar-refractivity contribution in [2.45, 2.75) is 31.2 Å². The molecule has 3 aromatic rings. The van der Waals surface area contributed by atoms with Crippen LogP contribution in [0.15, 0.2) is 84.9 Å². The first-order valence-corrected chi connectivity index (χ1v) is 10.4. The van der Waals surface area contributed by atoms with Gasteiger partial charge in [-0.25, -0.2) is 0 Å². The maximum atomic E-state index is 14.1. The van der Waals surface area contributed by atoms with E-state index in [1.54, 1.807) is 7.11 Å². The molecule has 0 saturated carbocycles. The van der Waals surface area contributed by atoms with Crippen molar-refractivity contribution in [2.24, 2.45) is 0 Å². The lowest BCUT2D eigenvalue weighted by Gasteiger charge is -2.38.